The van der Waals surface area contributed by atoms with Gasteiger partial charge in [-0.3, -0.25) is 14.4 Å². The number of benzene rings is 3. The van der Waals surface area contributed by atoms with Gasteiger partial charge in [-0.05, 0) is 48.9 Å². The first-order chi connectivity index (χ1) is 16.5. The Morgan fingerprint density at radius 2 is 1.76 bits per heavy atom. The molecule has 0 bridgehead atoms. The van der Waals surface area contributed by atoms with Gasteiger partial charge in [-0.15, -0.1) is 0 Å². The maximum absolute atomic E-state index is 13.2. The van der Waals surface area contributed by atoms with E-state index in [0.29, 0.717) is 24.3 Å². The number of para-hydroxylation sites is 1. The molecule has 34 heavy (non-hydrogen) atoms. The number of amides is 3. The molecule has 2 heterocycles. The molecule has 0 spiro atoms. The Kier molecular flexibility index (Phi) is 6.11. The van der Waals surface area contributed by atoms with E-state index in [-0.39, 0.29) is 24.1 Å². The van der Waals surface area contributed by atoms with Crippen LogP contribution in [0.1, 0.15) is 30.1 Å². The molecule has 1 atom stereocenters. The number of nitrogens with one attached hydrogen (secondary N) is 1. The van der Waals surface area contributed by atoms with Crippen LogP contribution in [0.25, 0.3) is 0 Å². The lowest BCUT2D eigenvalue weighted by Gasteiger charge is -2.23. The van der Waals surface area contributed by atoms with Crippen molar-refractivity contribution >= 4 is 46.5 Å². The van der Waals surface area contributed by atoms with E-state index in [1.54, 1.807) is 4.90 Å². The lowest BCUT2D eigenvalue weighted by molar-refractivity contribution is -0.122. The van der Waals surface area contributed by atoms with E-state index in [4.69, 9.17) is 0 Å². The molecule has 1 fully saturated rings. The summed E-state index contributed by atoms with van der Waals surface area (Å²) in [6, 6.07) is 22.7. The van der Waals surface area contributed by atoms with Gasteiger partial charge in [0.15, 0.2) is 0 Å². The molecule has 0 aliphatic carbocycles. The highest BCUT2D eigenvalue weighted by atomic mass is 32.2. The minimum atomic E-state index is -0.418. The first kappa shape index (κ1) is 22.2. The molecule has 2 aliphatic heterocycles. The zero-order valence-electron chi connectivity index (χ0n) is 18.9. The number of rotatable bonds is 5. The molecule has 0 saturated carbocycles. The second kappa shape index (κ2) is 9.35. The molecule has 3 aromatic carbocycles. The summed E-state index contributed by atoms with van der Waals surface area (Å²) in [6.07, 6.45) is 1.02. The molecule has 7 heteroatoms. The summed E-state index contributed by atoms with van der Waals surface area (Å²) < 4.78 is 0. The Balaban J connectivity index is 1.38. The van der Waals surface area contributed by atoms with Crippen LogP contribution in [0.4, 0.5) is 17.1 Å². The summed E-state index contributed by atoms with van der Waals surface area (Å²) in [6.45, 7) is 3.03. The first-order valence-corrected chi connectivity index (χ1v) is 12.3. The Morgan fingerprint density at radius 3 is 2.56 bits per heavy atom. The third-order valence-corrected chi connectivity index (χ3v) is 7.23. The van der Waals surface area contributed by atoms with Crippen molar-refractivity contribution < 1.29 is 14.4 Å². The number of carbonyl (C=O) groups excluding carboxylic acids is 3. The van der Waals surface area contributed by atoms with Crippen molar-refractivity contribution in [1.29, 1.82) is 0 Å². The minimum Gasteiger partial charge on any atom is -0.326 e. The molecule has 3 amide bonds. The predicted octanol–water partition coefficient (Wildman–Crippen LogP) is 5.20. The molecule has 1 N–H and O–H groups in total. The Labute approximate surface area is 202 Å². The normalized spacial score (nSPS) is 17.3. The number of hydrogen-bond acceptors (Lipinski definition) is 4. The molecular weight excluding hydrogens is 446 g/mol. The monoisotopic (exact) mass is 471 g/mol. The van der Waals surface area contributed by atoms with Gasteiger partial charge in [0.05, 0.1) is 17.2 Å². The van der Waals surface area contributed by atoms with Gasteiger partial charge >= 0.3 is 0 Å². The van der Waals surface area contributed by atoms with Crippen LogP contribution < -0.4 is 15.1 Å². The minimum absolute atomic E-state index is 0.00837. The molecule has 5 rings (SSSR count). The van der Waals surface area contributed by atoms with Gasteiger partial charge in [0.2, 0.25) is 11.8 Å². The van der Waals surface area contributed by atoms with Gasteiger partial charge in [-0.25, -0.2) is 0 Å². The van der Waals surface area contributed by atoms with Crippen molar-refractivity contribution in [3.63, 3.8) is 0 Å². The van der Waals surface area contributed by atoms with E-state index in [9.17, 15) is 14.4 Å². The van der Waals surface area contributed by atoms with E-state index in [1.807, 2.05) is 84.6 Å². The van der Waals surface area contributed by atoms with E-state index in [2.05, 4.69) is 5.32 Å². The smallest absolute Gasteiger partial charge is 0.259 e. The van der Waals surface area contributed by atoms with Crippen molar-refractivity contribution in [1.82, 2.24) is 0 Å². The van der Waals surface area contributed by atoms with Crippen LogP contribution >= 0.6 is 11.8 Å². The van der Waals surface area contributed by atoms with Crippen LogP contribution in [0.2, 0.25) is 0 Å². The summed E-state index contributed by atoms with van der Waals surface area (Å²) in [5.41, 5.74) is 3.00. The zero-order valence-corrected chi connectivity index (χ0v) is 19.7. The van der Waals surface area contributed by atoms with E-state index in [0.717, 1.165) is 27.6 Å². The van der Waals surface area contributed by atoms with Crippen molar-refractivity contribution in [2.24, 2.45) is 5.92 Å². The van der Waals surface area contributed by atoms with Crippen LogP contribution in [0.3, 0.4) is 0 Å². The van der Waals surface area contributed by atoms with Gasteiger partial charge < -0.3 is 15.1 Å². The van der Waals surface area contributed by atoms with Crippen molar-refractivity contribution in [3.05, 3.63) is 78.4 Å². The summed E-state index contributed by atoms with van der Waals surface area (Å²) in [7, 11) is 0. The summed E-state index contributed by atoms with van der Waals surface area (Å²) in [5, 5.41) is 2.99. The van der Waals surface area contributed by atoms with Crippen LogP contribution in [0, 0.1) is 5.92 Å². The lowest BCUT2D eigenvalue weighted by atomic mass is 10.1. The second-order valence-corrected chi connectivity index (χ2v) is 9.55. The molecule has 1 saturated heterocycles. The van der Waals surface area contributed by atoms with Crippen LogP contribution in [0.15, 0.2) is 82.6 Å². The maximum atomic E-state index is 13.2. The molecule has 0 radical (unpaired) electrons. The van der Waals surface area contributed by atoms with E-state index < -0.39 is 5.92 Å². The molecule has 3 aromatic rings. The molecule has 172 valence electrons. The van der Waals surface area contributed by atoms with E-state index >= 15 is 0 Å². The highest BCUT2D eigenvalue weighted by molar-refractivity contribution is 7.99. The third-order valence-electron chi connectivity index (χ3n) is 6.11. The number of anilines is 3. The van der Waals surface area contributed by atoms with Gasteiger partial charge in [0.1, 0.15) is 0 Å². The highest BCUT2D eigenvalue weighted by Crippen LogP contribution is 2.42. The van der Waals surface area contributed by atoms with Gasteiger partial charge in [0, 0.05) is 40.7 Å². The number of hydrogen-bond donors (Lipinski definition) is 1. The largest absolute Gasteiger partial charge is 0.326 e. The van der Waals surface area contributed by atoms with Gasteiger partial charge in [0.25, 0.3) is 5.91 Å². The van der Waals surface area contributed by atoms with E-state index in [1.165, 1.54) is 11.8 Å². The third kappa shape index (κ3) is 4.19. The summed E-state index contributed by atoms with van der Waals surface area (Å²) >= 11 is 1.53. The highest BCUT2D eigenvalue weighted by Gasteiger charge is 2.35. The Hall–Kier alpha value is -3.58. The fourth-order valence-corrected chi connectivity index (χ4v) is 5.55. The molecule has 0 unspecified atom stereocenters. The molecule has 6 nitrogen and oxygen atoms in total. The topological polar surface area (TPSA) is 69.7 Å². The SMILES string of the molecule is CCCN1C(=O)c2ccccc2Sc2cc(NC(=O)[C@H]3CC(=O)N(c4ccccc4)C3)ccc21. The average Bonchev–Trinajstić information content (AvgIpc) is 3.20. The molecular formula is C27H25N3O3S. The van der Waals surface area contributed by atoms with Crippen molar-refractivity contribution in [3.8, 4) is 0 Å². The number of carbonyl (C=O) groups is 3. The fraction of sp³-hybridized carbons (Fsp3) is 0.222. The molecule has 0 aromatic heterocycles. The van der Waals surface area contributed by atoms with Crippen LogP contribution in [-0.4, -0.2) is 30.8 Å². The summed E-state index contributed by atoms with van der Waals surface area (Å²) in [4.78, 5) is 44.1. The van der Waals surface area contributed by atoms with Gasteiger partial charge in [-0.1, -0.05) is 49.0 Å². The van der Waals surface area contributed by atoms with Gasteiger partial charge in [-0.2, -0.15) is 0 Å². The number of fused-ring (bicyclic) bond motifs is 2. The van der Waals surface area contributed by atoms with Crippen molar-refractivity contribution in [2.45, 2.75) is 29.6 Å². The average molecular weight is 472 g/mol. The van der Waals surface area contributed by atoms with Crippen LogP contribution in [0.5, 0.6) is 0 Å². The number of nitrogens with zero attached hydrogens (tertiary/aromatic N) is 2. The predicted molar refractivity (Wildman–Crippen MR) is 135 cm³/mol. The summed E-state index contributed by atoms with van der Waals surface area (Å²) in [5.74, 6) is -0.648. The van der Waals surface area contributed by atoms with Crippen LogP contribution in [-0.2, 0) is 9.59 Å². The lowest BCUT2D eigenvalue weighted by Crippen LogP contribution is -2.31. The Bertz CT molecular complexity index is 1260. The first-order valence-electron chi connectivity index (χ1n) is 11.4. The quantitative estimate of drug-likeness (QED) is 0.555. The Morgan fingerprint density at radius 1 is 1.00 bits per heavy atom. The second-order valence-electron chi connectivity index (χ2n) is 8.47. The standard InChI is InChI=1S/C27H25N3O3S/c1-2-14-29-22-13-12-19(16-24(22)34-23-11-7-6-10-21(23)27(29)33)28-26(32)18-15-25(31)30(17-18)20-8-4-3-5-9-20/h3-13,16,18H,2,14-15,17H2,1H3,(H,28,32)/t18-/m0/s1. The van der Waals surface area contributed by atoms with Crippen molar-refractivity contribution in [2.75, 3.05) is 28.2 Å². The zero-order chi connectivity index (χ0) is 23.7. The fourth-order valence-electron chi connectivity index (χ4n) is 4.43. The maximum Gasteiger partial charge on any atom is 0.259 e. The molecule has 2 aliphatic rings.